The predicted molar refractivity (Wildman–Crippen MR) is 89.8 cm³/mol. The number of nitrogens with one attached hydrogen (secondary N) is 1. The fraction of sp³-hybridized carbons (Fsp3) is 0.529. The van der Waals surface area contributed by atoms with Gasteiger partial charge in [0.15, 0.2) is 0 Å². The monoisotopic (exact) mass is 338 g/mol. The molecule has 0 aromatic heterocycles. The van der Waals surface area contributed by atoms with Crippen molar-refractivity contribution in [3.8, 4) is 0 Å². The van der Waals surface area contributed by atoms with Gasteiger partial charge in [-0.15, -0.1) is 12.4 Å². The molecule has 1 aliphatic heterocycles. The van der Waals surface area contributed by atoms with E-state index in [0.29, 0.717) is 19.5 Å². The lowest BCUT2D eigenvalue weighted by Crippen LogP contribution is -2.44. The molecule has 0 spiro atoms. The van der Waals surface area contributed by atoms with E-state index in [2.05, 4.69) is 17.4 Å². The van der Waals surface area contributed by atoms with Crippen LogP contribution in [0, 0.1) is 0 Å². The van der Waals surface area contributed by atoms with Gasteiger partial charge in [0.25, 0.3) is 0 Å². The molecule has 3 rings (SSSR count). The fourth-order valence-corrected chi connectivity index (χ4v) is 3.31. The summed E-state index contributed by atoms with van der Waals surface area (Å²) < 4.78 is 0. The smallest absolute Gasteiger partial charge is 0.320 e. The van der Waals surface area contributed by atoms with Crippen molar-refractivity contribution in [2.75, 3.05) is 19.6 Å². The van der Waals surface area contributed by atoms with Gasteiger partial charge >= 0.3 is 5.97 Å². The summed E-state index contributed by atoms with van der Waals surface area (Å²) in [5, 5.41) is 12.1. The first-order valence-electron chi connectivity index (χ1n) is 7.90. The summed E-state index contributed by atoms with van der Waals surface area (Å²) in [6.45, 7) is 1.51. The maximum absolute atomic E-state index is 12.1. The molecule has 1 amide bonds. The zero-order valence-electron chi connectivity index (χ0n) is 13.0. The van der Waals surface area contributed by atoms with E-state index in [4.69, 9.17) is 5.11 Å². The maximum Gasteiger partial charge on any atom is 0.320 e. The Labute approximate surface area is 142 Å². The third kappa shape index (κ3) is 4.03. The highest BCUT2D eigenvalue weighted by molar-refractivity contribution is 5.85. The van der Waals surface area contributed by atoms with Crippen LogP contribution in [0.15, 0.2) is 30.3 Å². The topological polar surface area (TPSA) is 69.6 Å². The second kappa shape index (κ2) is 7.32. The first-order chi connectivity index (χ1) is 10.6. The molecule has 2 N–H and O–H groups in total. The van der Waals surface area contributed by atoms with Gasteiger partial charge in [-0.2, -0.15) is 0 Å². The second-order valence-corrected chi connectivity index (χ2v) is 6.39. The lowest BCUT2D eigenvalue weighted by atomic mass is 9.96. The first kappa shape index (κ1) is 17.8. The lowest BCUT2D eigenvalue weighted by molar-refractivity contribution is -0.142. The molecule has 0 radical (unpaired) electrons. The highest BCUT2D eigenvalue weighted by atomic mass is 35.5. The SMILES string of the molecule is Cl.O=C(CN1CCCC1C(=O)O)NCC1(c2ccccc2)CC1. The summed E-state index contributed by atoms with van der Waals surface area (Å²) in [4.78, 5) is 25.0. The fourth-order valence-electron chi connectivity index (χ4n) is 3.31. The molecule has 1 atom stereocenters. The van der Waals surface area contributed by atoms with Crippen LogP contribution in [-0.4, -0.2) is 47.6 Å². The van der Waals surface area contributed by atoms with Crippen molar-refractivity contribution in [1.29, 1.82) is 0 Å². The van der Waals surface area contributed by atoms with Crippen LogP contribution in [0.3, 0.4) is 0 Å². The van der Waals surface area contributed by atoms with E-state index in [1.54, 1.807) is 4.90 Å². The van der Waals surface area contributed by atoms with E-state index in [-0.39, 0.29) is 30.3 Å². The molecule has 2 aliphatic rings. The Morgan fingerprint density at radius 3 is 2.57 bits per heavy atom. The largest absolute Gasteiger partial charge is 0.480 e. The minimum absolute atomic E-state index is 0. The number of aliphatic carboxylic acids is 1. The van der Waals surface area contributed by atoms with E-state index in [9.17, 15) is 9.59 Å². The van der Waals surface area contributed by atoms with Crippen LogP contribution >= 0.6 is 12.4 Å². The molecule has 0 bridgehead atoms. The summed E-state index contributed by atoms with van der Waals surface area (Å²) in [5.74, 6) is -0.899. The lowest BCUT2D eigenvalue weighted by Gasteiger charge is -2.22. The quantitative estimate of drug-likeness (QED) is 0.830. The van der Waals surface area contributed by atoms with Crippen molar-refractivity contribution >= 4 is 24.3 Å². The van der Waals surface area contributed by atoms with Gasteiger partial charge in [0.2, 0.25) is 5.91 Å². The molecule has 6 heteroatoms. The van der Waals surface area contributed by atoms with Crippen LogP contribution in [0.5, 0.6) is 0 Å². The zero-order valence-corrected chi connectivity index (χ0v) is 13.8. The number of carboxylic acid groups (broad SMARTS) is 1. The van der Waals surface area contributed by atoms with Crippen molar-refractivity contribution in [3.63, 3.8) is 0 Å². The third-order valence-corrected chi connectivity index (χ3v) is 4.86. The standard InChI is InChI=1S/C17H22N2O3.ClH/c20-15(11-19-10-4-7-14(19)16(21)22)18-12-17(8-9-17)13-5-2-1-3-6-13;/h1-3,5-6,14H,4,7-12H2,(H,18,20)(H,21,22);1H. The highest BCUT2D eigenvalue weighted by Gasteiger charge is 2.44. The number of amides is 1. The van der Waals surface area contributed by atoms with Crippen molar-refractivity contribution < 1.29 is 14.7 Å². The predicted octanol–water partition coefficient (Wildman–Crippen LogP) is 1.81. The van der Waals surface area contributed by atoms with Crippen molar-refractivity contribution in [1.82, 2.24) is 10.2 Å². The van der Waals surface area contributed by atoms with Crippen LogP contribution in [0.1, 0.15) is 31.2 Å². The van der Waals surface area contributed by atoms with E-state index in [1.165, 1.54) is 5.56 Å². The number of hydrogen-bond acceptors (Lipinski definition) is 3. The summed E-state index contributed by atoms with van der Waals surface area (Å²) >= 11 is 0. The van der Waals surface area contributed by atoms with Gasteiger partial charge in [0, 0.05) is 12.0 Å². The van der Waals surface area contributed by atoms with E-state index < -0.39 is 12.0 Å². The van der Waals surface area contributed by atoms with Gasteiger partial charge < -0.3 is 10.4 Å². The summed E-state index contributed by atoms with van der Waals surface area (Å²) in [5.41, 5.74) is 1.37. The van der Waals surface area contributed by atoms with E-state index >= 15 is 0 Å². The van der Waals surface area contributed by atoms with Crippen LogP contribution in [0.4, 0.5) is 0 Å². The van der Waals surface area contributed by atoms with Gasteiger partial charge in [0.1, 0.15) is 6.04 Å². The number of carbonyl (C=O) groups excluding carboxylic acids is 1. The number of carbonyl (C=O) groups is 2. The second-order valence-electron chi connectivity index (χ2n) is 6.39. The molecule has 1 saturated heterocycles. The Morgan fingerprint density at radius 1 is 1.26 bits per heavy atom. The zero-order chi connectivity index (χ0) is 15.6. The van der Waals surface area contributed by atoms with E-state index in [1.807, 2.05) is 18.2 Å². The van der Waals surface area contributed by atoms with Crippen molar-refractivity contribution in [2.45, 2.75) is 37.1 Å². The highest BCUT2D eigenvalue weighted by Crippen LogP contribution is 2.47. The molecular formula is C17H23ClN2O3. The Bertz CT molecular complexity index is 560. The number of nitrogens with zero attached hydrogens (tertiary/aromatic N) is 1. The molecule has 1 saturated carbocycles. The minimum atomic E-state index is -0.826. The number of hydrogen-bond donors (Lipinski definition) is 2. The molecule has 1 unspecified atom stereocenters. The summed E-state index contributed by atoms with van der Waals surface area (Å²) in [6, 6.07) is 9.77. The van der Waals surface area contributed by atoms with Crippen LogP contribution in [0.25, 0.3) is 0 Å². The first-order valence-corrected chi connectivity index (χ1v) is 7.90. The summed E-state index contributed by atoms with van der Waals surface area (Å²) in [6.07, 6.45) is 3.67. The Morgan fingerprint density at radius 2 is 1.96 bits per heavy atom. The molecule has 1 aliphatic carbocycles. The van der Waals surface area contributed by atoms with Crippen LogP contribution in [-0.2, 0) is 15.0 Å². The number of likely N-dealkylation sites (tertiary alicyclic amines) is 1. The van der Waals surface area contributed by atoms with Gasteiger partial charge in [-0.25, -0.2) is 0 Å². The van der Waals surface area contributed by atoms with Gasteiger partial charge in [-0.05, 0) is 37.8 Å². The third-order valence-electron chi connectivity index (χ3n) is 4.86. The minimum Gasteiger partial charge on any atom is -0.480 e. The number of halogens is 1. The average Bonchev–Trinajstić information content (AvgIpc) is 3.18. The van der Waals surface area contributed by atoms with Crippen LogP contribution in [0.2, 0.25) is 0 Å². The van der Waals surface area contributed by atoms with Gasteiger partial charge in [0.05, 0.1) is 6.54 Å². The molecule has 5 nitrogen and oxygen atoms in total. The van der Waals surface area contributed by atoms with Crippen molar-refractivity contribution in [3.05, 3.63) is 35.9 Å². The molecule has 23 heavy (non-hydrogen) atoms. The number of benzene rings is 1. The molecule has 126 valence electrons. The number of carboxylic acids is 1. The maximum atomic E-state index is 12.1. The average molecular weight is 339 g/mol. The Kier molecular flexibility index (Phi) is 5.65. The van der Waals surface area contributed by atoms with Crippen LogP contribution < -0.4 is 5.32 Å². The van der Waals surface area contributed by atoms with Gasteiger partial charge in [-0.1, -0.05) is 30.3 Å². The number of rotatable bonds is 6. The molecule has 1 heterocycles. The van der Waals surface area contributed by atoms with Gasteiger partial charge in [-0.3, -0.25) is 14.5 Å². The molecule has 1 aromatic carbocycles. The summed E-state index contributed by atoms with van der Waals surface area (Å²) in [7, 11) is 0. The van der Waals surface area contributed by atoms with E-state index in [0.717, 1.165) is 19.3 Å². The van der Waals surface area contributed by atoms with Crippen molar-refractivity contribution in [2.24, 2.45) is 0 Å². The molecule has 1 aromatic rings. The Hall–Kier alpha value is -1.59. The molecular weight excluding hydrogens is 316 g/mol. The molecule has 2 fully saturated rings. The normalized spacial score (nSPS) is 22.2. The Balaban J connectivity index is 0.00000192.